The topological polar surface area (TPSA) is 38.0 Å². The molecule has 1 aromatic carbocycles. The molecule has 0 fully saturated rings. The molecule has 3 nitrogen and oxygen atoms in total. The second-order valence-corrected chi connectivity index (χ2v) is 4.98. The maximum atomic E-state index is 13.3. The lowest BCUT2D eigenvalue weighted by Crippen LogP contribution is -2.07. The molecule has 1 aromatic heterocycles. The Labute approximate surface area is 119 Å². The number of aromatic nitrogens is 2. The molecule has 108 valence electrons. The molecule has 0 aliphatic heterocycles. The summed E-state index contributed by atoms with van der Waals surface area (Å²) in [6.45, 7) is 6.37. The van der Waals surface area contributed by atoms with Crippen molar-refractivity contribution < 1.29 is 9.50 Å². The number of aliphatic hydroxyl groups excluding tert-OH is 1. The Balaban J connectivity index is 2.41. The van der Waals surface area contributed by atoms with E-state index in [2.05, 4.69) is 5.10 Å². The minimum absolute atomic E-state index is 0.237. The predicted octanol–water partition coefficient (Wildman–Crippen LogP) is 3.25. The van der Waals surface area contributed by atoms with E-state index in [1.807, 2.05) is 24.6 Å². The number of aliphatic hydroxyl groups is 1. The second kappa shape index (κ2) is 6.18. The molecule has 0 saturated heterocycles. The first-order valence-corrected chi connectivity index (χ1v) is 7.07. The zero-order valence-corrected chi connectivity index (χ0v) is 12.2. The summed E-state index contributed by atoms with van der Waals surface area (Å²) in [5.74, 6) is -0.237. The minimum Gasteiger partial charge on any atom is -0.389 e. The summed E-state index contributed by atoms with van der Waals surface area (Å²) in [6, 6.07) is 6.55. The van der Waals surface area contributed by atoms with Gasteiger partial charge in [0.1, 0.15) is 5.82 Å². The monoisotopic (exact) mass is 276 g/mol. The summed E-state index contributed by atoms with van der Waals surface area (Å²) in [5.41, 5.74) is 3.75. The highest BCUT2D eigenvalue weighted by Gasteiger charge is 2.19. The lowest BCUT2D eigenvalue weighted by atomic mass is 10.0. The van der Waals surface area contributed by atoms with Gasteiger partial charge in [0.25, 0.3) is 0 Å². The fourth-order valence-corrected chi connectivity index (χ4v) is 2.62. The molecule has 2 aromatic rings. The van der Waals surface area contributed by atoms with Crippen molar-refractivity contribution in [3.63, 3.8) is 0 Å². The molecular formula is C16H21FN2O. The summed E-state index contributed by atoms with van der Waals surface area (Å²) >= 11 is 0. The summed E-state index contributed by atoms with van der Waals surface area (Å²) in [4.78, 5) is 0. The van der Waals surface area contributed by atoms with E-state index in [-0.39, 0.29) is 5.82 Å². The Morgan fingerprint density at radius 1 is 1.30 bits per heavy atom. The third kappa shape index (κ3) is 2.90. The van der Waals surface area contributed by atoms with Gasteiger partial charge in [-0.25, -0.2) is 4.39 Å². The predicted molar refractivity (Wildman–Crippen MR) is 77.1 cm³/mol. The quantitative estimate of drug-likeness (QED) is 0.910. The van der Waals surface area contributed by atoms with E-state index in [0.29, 0.717) is 6.54 Å². The number of hydrogen-bond acceptors (Lipinski definition) is 2. The molecular weight excluding hydrogens is 255 g/mol. The Morgan fingerprint density at radius 3 is 2.60 bits per heavy atom. The smallest absolute Gasteiger partial charge is 0.123 e. The summed E-state index contributed by atoms with van der Waals surface area (Å²) in [5, 5.41) is 14.5. The average Bonchev–Trinajstić information content (AvgIpc) is 2.76. The highest BCUT2D eigenvalue weighted by atomic mass is 19.1. The molecule has 0 aliphatic carbocycles. The first-order valence-electron chi connectivity index (χ1n) is 7.07. The maximum absolute atomic E-state index is 13.3. The SMILES string of the molecule is CCc1nn(Cc2cccc(F)c2)c(CC)c1C(C)O. The van der Waals surface area contributed by atoms with Crippen molar-refractivity contribution in [2.75, 3.05) is 0 Å². The molecule has 1 atom stereocenters. The molecule has 1 N–H and O–H groups in total. The van der Waals surface area contributed by atoms with Crippen LogP contribution in [0, 0.1) is 5.82 Å². The maximum Gasteiger partial charge on any atom is 0.123 e. The molecule has 20 heavy (non-hydrogen) atoms. The standard InChI is InChI=1S/C16H21FN2O/c1-4-14-16(11(3)20)15(5-2)19(18-14)10-12-7-6-8-13(17)9-12/h6-9,11,20H,4-5,10H2,1-3H3. The number of benzene rings is 1. The highest BCUT2D eigenvalue weighted by molar-refractivity contribution is 5.30. The van der Waals surface area contributed by atoms with Crippen LogP contribution in [0.25, 0.3) is 0 Å². The fourth-order valence-electron chi connectivity index (χ4n) is 2.62. The summed E-state index contributed by atoms with van der Waals surface area (Å²) in [6.07, 6.45) is 1.05. The van der Waals surface area contributed by atoms with Crippen molar-refractivity contribution in [1.82, 2.24) is 9.78 Å². The van der Waals surface area contributed by atoms with E-state index in [1.54, 1.807) is 13.0 Å². The van der Waals surface area contributed by atoms with Gasteiger partial charge >= 0.3 is 0 Å². The number of hydrogen-bond donors (Lipinski definition) is 1. The van der Waals surface area contributed by atoms with Crippen molar-refractivity contribution in [2.24, 2.45) is 0 Å². The van der Waals surface area contributed by atoms with Crippen LogP contribution < -0.4 is 0 Å². The van der Waals surface area contributed by atoms with Gasteiger partial charge in [-0.1, -0.05) is 26.0 Å². The number of halogens is 1. The Hall–Kier alpha value is -1.68. The molecule has 0 aliphatic rings. The minimum atomic E-state index is -0.527. The van der Waals surface area contributed by atoms with Crippen molar-refractivity contribution >= 4 is 0 Å². The highest BCUT2D eigenvalue weighted by Crippen LogP contribution is 2.24. The van der Waals surface area contributed by atoms with Gasteiger partial charge in [-0.3, -0.25) is 4.68 Å². The molecule has 1 heterocycles. The number of nitrogens with zero attached hydrogens (tertiary/aromatic N) is 2. The van der Waals surface area contributed by atoms with Gasteiger partial charge in [-0.15, -0.1) is 0 Å². The summed E-state index contributed by atoms with van der Waals surface area (Å²) in [7, 11) is 0. The van der Waals surface area contributed by atoms with Gasteiger partial charge in [0.05, 0.1) is 18.3 Å². The van der Waals surface area contributed by atoms with Gasteiger partial charge in [-0.05, 0) is 37.5 Å². The van der Waals surface area contributed by atoms with E-state index in [4.69, 9.17) is 0 Å². The molecule has 0 saturated carbocycles. The van der Waals surface area contributed by atoms with Gasteiger partial charge in [-0.2, -0.15) is 5.10 Å². The van der Waals surface area contributed by atoms with Crippen LogP contribution in [0.5, 0.6) is 0 Å². The van der Waals surface area contributed by atoms with E-state index in [0.717, 1.165) is 35.4 Å². The van der Waals surface area contributed by atoms with Crippen LogP contribution in [0.1, 0.15) is 49.4 Å². The van der Waals surface area contributed by atoms with Gasteiger partial charge in [0, 0.05) is 11.3 Å². The van der Waals surface area contributed by atoms with Crippen molar-refractivity contribution in [1.29, 1.82) is 0 Å². The average molecular weight is 276 g/mol. The van der Waals surface area contributed by atoms with Crippen LogP contribution in [-0.4, -0.2) is 14.9 Å². The Bertz CT molecular complexity index is 590. The van der Waals surface area contributed by atoms with E-state index < -0.39 is 6.10 Å². The Morgan fingerprint density at radius 2 is 2.05 bits per heavy atom. The first kappa shape index (κ1) is 14.7. The largest absolute Gasteiger partial charge is 0.389 e. The normalized spacial score (nSPS) is 12.7. The summed E-state index contributed by atoms with van der Waals surface area (Å²) < 4.78 is 15.1. The van der Waals surface area contributed by atoms with Crippen LogP contribution in [0.3, 0.4) is 0 Å². The van der Waals surface area contributed by atoms with Gasteiger partial charge in [0.2, 0.25) is 0 Å². The molecule has 4 heteroatoms. The molecule has 0 spiro atoms. The lowest BCUT2D eigenvalue weighted by Gasteiger charge is -2.10. The van der Waals surface area contributed by atoms with Crippen LogP contribution in [-0.2, 0) is 19.4 Å². The third-order valence-corrected chi connectivity index (χ3v) is 3.48. The van der Waals surface area contributed by atoms with Crippen molar-refractivity contribution in [3.8, 4) is 0 Å². The zero-order chi connectivity index (χ0) is 14.7. The van der Waals surface area contributed by atoms with Crippen molar-refractivity contribution in [2.45, 2.75) is 46.3 Å². The lowest BCUT2D eigenvalue weighted by molar-refractivity contribution is 0.197. The fraction of sp³-hybridized carbons (Fsp3) is 0.438. The first-order chi connectivity index (χ1) is 9.56. The molecule has 2 rings (SSSR count). The van der Waals surface area contributed by atoms with Crippen LogP contribution in [0.4, 0.5) is 4.39 Å². The number of aryl methyl sites for hydroxylation is 1. The van der Waals surface area contributed by atoms with Crippen LogP contribution in [0.15, 0.2) is 24.3 Å². The van der Waals surface area contributed by atoms with Crippen molar-refractivity contribution in [3.05, 3.63) is 52.6 Å². The van der Waals surface area contributed by atoms with E-state index in [9.17, 15) is 9.50 Å². The van der Waals surface area contributed by atoms with Gasteiger partial charge < -0.3 is 5.11 Å². The zero-order valence-electron chi connectivity index (χ0n) is 12.2. The number of rotatable bonds is 5. The second-order valence-electron chi connectivity index (χ2n) is 4.98. The molecule has 0 radical (unpaired) electrons. The van der Waals surface area contributed by atoms with Crippen LogP contribution >= 0.6 is 0 Å². The molecule has 1 unspecified atom stereocenters. The molecule has 0 bridgehead atoms. The molecule has 0 amide bonds. The Kier molecular flexibility index (Phi) is 4.55. The third-order valence-electron chi connectivity index (χ3n) is 3.48. The van der Waals surface area contributed by atoms with E-state index >= 15 is 0 Å². The van der Waals surface area contributed by atoms with Gasteiger partial charge in [0.15, 0.2) is 0 Å². The van der Waals surface area contributed by atoms with Crippen LogP contribution in [0.2, 0.25) is 0 Å². The van der Waals surface area contributed by atoms with E-state index in [1.165, 1.54) is 12.1 Å².